The third-order valence-corrected chi connectivity index (χ3v) is 7.92. The van der Waals surface area contributed by atoms with Crippen molar-refractivity contribution in [2.45, 2.75) is 55.1 Å². The van der Waals surface area contributed by atoms with Gasteiger partial charge in [0, 0.05) is 18.0 Å². The van der Waals surface area contributed by atoms with Gasteiger partial charge in [-0.3, -0.25) is 4.79 Å². The summed E-state index contributed by atoms with van der Waals surface area (Å²) in [6, 6.07) is 8.70. The van der Waals surface area contributed by atoms with Crippen molar-refractivity contribution in [2.24, 2.45) is 11.8 Å². The monoisotopic (exact) mass is 394 g/mol. The summed E-state index contributed by atoms with van der Waals surface area (Å²) in [6.07, 6.45) is 6.80. The van der Waals surface area contributed by atoms with Crippen LogP contribution in [0, 0.1) is 18.8 Å². The van der Waals surface area contributed by atoms with E-state index in [1.807, 2.05) is 11.8 Å². The van der Waals surface area contributed by atoms with Crippen molar-refractivity contribution in [3.8, 4) is 0 Å². The van der Waals surface area contributed by atoms with E-state index in [1.54, 1.807) is 0 Å². The number of aryl methyl sites for hydroxylation is 1. The van der Waals surface area contributed by atoms with Crippen molar-refractivity contribution < 1.29 is 4.79 Å². The van der Waals surface area contributed by atoms with Gasteiger partial charge in [0.2, 0.25) is 5.91 Å². The zero-order chi connectivity index (χ0) is 17.3. The van der Waals surface area contributed by atoms with Gasteiger partial charge in [0.25, 0.3) is 0 Å². The highest BCUT2D eigenvalue weighted by Gasteiger charge is 2.45. The van der Waals surface area contributed by atoms with E-state index in [9.17, 15) is 4.79 Å². The van der Waals surface area contributed by atoms with Gasteiger partial charge in [-0.05, 0) is 69.7 Å². The number of likely N-dealkylation sites (tertiary alicyclic amines) is 1. The van der Waals surface area contributed by atoms with Crippen molar-refractivity contribution in [3.63, 3.8) is 0 Å². The lowest BCUT2D eigenvalue weighted by Crippen LogP contribution is -2.46. The summed E-state index contributed by atoms with van der Waals surface area (Å²) in [7, 11) is 0. The second-order valence-electron chi connectivity index (χ2n) is 8.16. The minimum atomic E-state index is -0.215. The fraction of sp³-hybridized carbons (Fsp3) is 0.667. The van der Waals surface area contributed by atoms with E-state index >= 15 is 0 Å². The van der Waals surface area contributed by atoms with Crippen LogP contribution in [0.3, 0.4) is 0 Å². The summed E-state index contributed by atoms with van der Waals surface area (Å²) in [4.78, 5) is 17.0. The van der Waals surface area contributed by atoms with Crippen LogP contribution < -0.4 is 5.32 Å². The summed E-state index contributed by atoms with van der Waals surface area (Å²) in [5, 5.41) is 3.53. The summed E-state index contributed by atoms with van der Waals surface area (Å²) in [5.74, 6) is 1.98. The van der Waals surface area contributed by atoms with Gasteiger partial charge >= 0.3 is 0 Å². The Morgan fingerprint density at radius 3 is 2.23 bits per heavy atom. The van der Waals surface area contributed by atoms with Crippen molar-refractivity contribution in [1.82, 2.24) is 10.2 Å². The maximum absolute atomic E-state index is 13.6. The summed E-state index contributed by atoms with van der Waals surface area (Å²) < 4.78 is -0.215. The first-order valence-corrected chi connectivity index (χ1v) is 10.7. The Labute approximate surface area is 168 Å². The lowest BCUT2D eigenvalue weighted by molar-refractivity contribution is -0.133. The molecule has 2 heterocycles. The highest BCUT2D eigenvalue weighted by Crippen LogP contribution is 2.47. The molecule has 1 amide bonds. The number of nitrogens with zero attached hydrogens (tertiary/aromatic N) is 1. The van der Waals surface area contributed by atoms with Crippen LogP contribution in [-0.4, -0.2) is 41.7 Å². The van der Waals surface area contributed by atoms with Gasteiger partial charge < -0.3 is 10.2 Å². The van der Waals surface area contributed by atoms with Gasteiger partial charge in [-0.15, -0.1) is 24.2 Å². The molecule has 1 aromatic rings. The van der Waals surface area contributed by atoms with Crippen LogP contribution in [0.25, 0.3) is 0 Å². The summed E-state index contributed by atoms with van der Waals surface area (Å²) in [6.45, 7) is 6.33. The highest BCUT2D eigenvalue weighted by molar-refractivity contribution is 8.01. The molecule has 0 spiro atoms. The van der Waals surface area contributed by atoms with Crippen LogP contribution in [0.15, 0.2) is 29.2 Å². The largest absolute Gasteiger partial charge is 0.341 e. The Bertz CT molecular complexity index is 601. The number of hydrogen-bond donors (Lipinski definition) is 1. The summed E-state index contributed by atoms with van der Waals surface area (Å²) in [5.41, 5.74) is 1.28. The molecule has 4 rings (SSSR count). The fourth-order valence-electron chi connectivity index (χ4n) is 4.85. The van der Waals surface area contributed by atoms with E-state index in [1.165, 1.54) is 36.1 Å². The molecular weight excluding hydrogens is 364 g/mol. The number of fused-ring (bicyclic) bond motifs is 1. The molecule has 3 aliphatic rings. The molecule has 0 radical (unpaired) electrons. The van der Waals surface area contributed by atoms with Crippen LogP contribution in [0.5, 0.6) is 0 Å². The Kier molecular flexibility index (Phi) is 6.58. The minimum absolute atomic E-state index is 0. The fourth-order valence-corrected chi connectivity index (χ4v) is 6.28. The Morgan fingerprint density at radius 1 is 1.08 bits per heavy atom. The molecule has 1 N–H and O–H groups in total. The Balaban J connectivity index is 0.00000196. The Morgan fingerprint density at radius 2 is 1.65 bits per heavy atom. The molecule has 0 bridgehead atoms. The third kappa shape index (κ3) is 4.07. The quantitative estimate of drug-likeness (QED) is 0.830. The molecule has 3 nitrogen and oxygen atoms in total. The normalized spacial score (nSPS) is 27.5. The number of hydrogen-bond acceptors (Lipinski definition) is 3. The number of halogens is 1. The average Bonchev–Trinajstić information content (AvgIpc) is 3.23. The molecule has 3 fully saturated rings. The third-order valence-electron chi connectivity index (χ3n) is 6.44. The van der Waals surface area contributed by atoms with E-state index in [2.05, 4.69) is 41.4 Å². The zero-order valence-electron chi connectivity index (χ0n) is 15.7. The van der Waals surface area contributed by atoms with E-state index in [-0.39, 0.29) is 17.2 Å². The number of carbonyl (C=O) groups is 1. The van der Waals surface area contributed by atoms with Crippen LogP contribution >= 0.6 is 24.2 Å². The summed E-state index contributed by atoms with van der Waals surface area (Å²) >= 11 is 1.83. The maximum Gasteiger partial charge on any atom is 0.239 e. The van der Waals surface area contributed by atoms with Crippen molar-refractivity contribution in [3.05, 3.63) is 29.8 Å². The van der Waals surface area contributed by atoms with E-state index in [0.717, 1.165) is 50.9 Å². The SMILES string of the molecule is Cc1ccc(SC2(C(=O)N3CC[C@@H]4CNC[C@@H]4CC3)CCCC2)cc1.Cl. The molecule has 0 aromatic heterocycles. The van der Waals surface area contributed by atoms with Gasteiger partial charge in [-0.2, -0.15) is 0 Å². The first kappa shape index (κ1) is 20.0. The highest BCUT2D eigenvalue weighted by atomic mass is 35.5. The van der Waals surface area contributed by atoms with Crippen LogP contribution in [0.1, 0.15) is 44.1 Å². The lowest BCUT2D eigenvalue weighted by atomic mass is 9.92. The molecule has 2 atom stereocenters. The molecule has 26 heavy (non-hydrogen) atoms. The first-order chi connectivity index (χ1) is 12.2. The molecule has 2 aliphatic heterocycles. The average molecular weight is 395 g/mol. The Hall–Kier alpha value is -0.710. The number of nitrogens with one attached hydrogen (secondary N) is 1. The number of carbonyl (C=O) groups excluding carboxylic acids is 1. The lowest BCUT2D eigenvalue weighted by Gasteiger charge is -2.33. The molecule has 1 aliphatic carbocycles. The number of amides is 1. The molecular formula is C21H31ClN2OS. The zero-order valence-corrected chi connectivity index (χ0v) is 17.3. The van der Waals surface area contributed by atoms with E-state index < -0.39 is 0 Å². The molecule has 1 saturated carbocycles. The van der Waals surface area contributed by atoms with Crippen LogP contribution in [-0.2, 0) is 4.79 Å². The minimum Gasteiger partial charge on any atom is -0.341 e. The van der Waals surface area contributed by atoms with Gasteiger partial charge in [-0.25, -0.2) is 0 Å². The number of benzene rings is 1. The second-order valence-corrected chi connectivity index (χ2v) is 9.62. The molecule has 5 heteroatoms. The topological polar surface area (TPSA) is 32.3 Å². The standard InChI is InChI=1S/C21H30N2OS.ClH/c1-16-4-6-19(7-5-16)25-21(10-2-3-11-21)20(24)23-12-8-17-14-22-15-18(17)9-13-23;/h4-7,17-18,22H,2-3,8-15H2,1H3;1H/t17-,18+;. The smallest absolute Gasteiger partial charge is 0.239 e. The molecule has 0 unspecified atom stereocenters. The van der Waals surface area contributed by atoms with Gasteiger partial charge in [0.1, 0.15) is 0 Å². The predicted octanol–water partition coefficient (Wildman–Crippen LogP) is 4.28. The molecule has 1 aromatic carbocycles. The van der Waals surface area contributed by atoms with Crippen molar-refractivity contribution in [1.29, 1.82) is 0 Å². The van der Waals surface area contributed by atoms with Gasteiger partial charge in [-0.1, -0.05) is 30.5 Å². The number of rotatable bonds is 3. The van der Waals surface area contributed by atoms with Gasteiger partial charge in [0.15, 0.2) is 0 Å². The first-order valence-electron chi connectivity index (χ1n) is 9.92. The van der Waals surface area contributed by atoms with Crippen LogP contribution in [0.2, 0.25) is 0 Å². The van der Waals surface area contributed by atoms with Gasteiger partial charge in [0.05, 0.1) is 4.75 Å². The second kappa shape index (κ2) is 8.53. The van der Waals surface area contributed by atoms with E-state index in [4.69, 9.17) is 0 Å². The maximum atomic E-state index is 13.6. The molecule has 2 saturated heterocycles. The van der Waals surface area contributed by atoms with E-state index in [0.29, 0.717) is 5.91 Å². The van der Waals surface area contributed by atoms with Crippen molar-refractivity contribution in [2.75, 3.05) is 26.2 Å². The van der Waals surface area contributed by atoms with Crippen LogP contribution in [0.4, 0.5) is 0 Å². The predicted molar refractivity (Wildman–Crippen MR) is 111 cm³/mol. The van der Waals surface area contributed by atoms with Crippen molar-refractivity contribution >= 4 is 30.1 Å². The number of thioether (sulfide) groups is 1. The molecule has 144 valence electrons.